The highest BCUT2D eigenvalue weighted by molar-refractivity contribution is 5.75. The normalized spacial score (nSPS) is 24.7. The standard InChI is InChI=1S/C9H16N2O2/c12-6-9(4-5-9)11-8(13)10-7-2-1-3-7/h7,12H,1-6H2,(H2,10,11,13). The van der Waals surface area contributed by atoms with E-state index < -0.39 is 0 Å². The first-order valence-electron chi connectivity index (χ1n) is 4.94. The second-order valence-corrected chi connectivity index (χ2v) is 4.16. The maximum absolute atomic E-state index is 11.3. The van der Waals surface area contributed by atoms with Crippen LogP contribution in [-0.2, 0) is 0 Å². The highest BCUT2D eigenvalue weighted by atomic mass is 16.3. The van der Waals surface area contributed by atoms with Gasteiger partial charge in [-0.1, -0.05) is 0 Å². The lowest BCUT2D eigenvalue weighted by Gasteiger charge is -2.27. The van der Waals surface area contributed by atoms with Gasteiger partial charge in [-0.05, 0) is 32.1 Å². The number of carbonyl (C=O) groups is 1. The molecule has 0 radical (unpaired) electrons. The molecule has 4 heteroatoms. The average molecular weight is 184 g/mol. The molecule has 0 spiro atoms. The van der Waals surface area contributed by atoms with Crippen molar-refractivity contribution >= 4 is 6.03 Å². The van der Waals surface area contributed by atoms with Crippen molar-refractivity contribution in [1.82, 2.24) is 10.6 Å². The predicted molar refractivity (Wildman–Crippen MR) is 48.4 cm³/mol. The molecule has 0 saturated heterocycles. The number of nitrogens with one attached hydrogen (secondary N) is 2. The molecule has 74 valence electrons. The first kappa shape index (κ1) is 8.81. The van der Waals surface area contributed by atoms with Crippen LogP contribution in [0.15, 0.2) is 0 Å². The summed E-state index contributed by atoms with van der Waals surface area (Å²) >= 11 is 0. The van der Waals surface area contributed by atoms with E-state index in [1.54, 1.807) is 0 Å². The van der Waals surface area contributed by atoms with Gasteiger partial charge in [0.2, 0.25) is 0 Å². The van der Waals surface area contributed by atoms with E-state index in [1.807, 2.05) is 0 Å². The Kier molecular flexibility index (Phi) is 2.15. The fourth-order valence-electron chi connectivity index (χ4n) is 1.49. The van der Waals surface area contributed by atoms with E-state index in [1.165, 1.54) is 6.42 Å². The lowest BCUT2D eigenvalue weighted by molar-refractivity contribution is 0.202. The third kappa shape index (κ3) is 1.94. The molecular weight excluding hydrogens is 168 g/mol. The van der Waals surface area contributed by atoms with Crippen LogP contribution in [0.4, 0.5) is 4.79 Å². The maximum atomic E-state index is 11.3. The number of aliphatic hydroxyl groups excluding tert-OH is 1. The summed E-state index contributed by atoms with van der Waals surface area (Å²) in [5.41, 5.74) is -0.284. The molecule has 0 aromatic heterocycles. The van der Waals surface area contributed by atoms with Gasteiger partial charge in [0.25, 0.3) is 0 Å². The molecule has 2 saturated carbocycles. The van der Waals surface area contributed by atoms with Crippen LogP contribution in [0.3, 0.4) is 0 Å². The van der Waals surface area contributed by atoms with Crippen molar-refractivity contribution < 1.29 is 9.90 Å². The van der Waals surface area contributed by atoms with Crippen LogP contribution in [0, 0.1) is 0 Å². The minimum atomic E-state index is -0.284. The molecule has 0 aromatic carbocycles. The number of amides is 2. The highest BCUT2D eigenvalue weighted by Crippen LogP contribution is 2.34. The number of carbonyl (C=O) groups excluding carboxylic acids is 1. The van der Waals surface area contributed by atoms with Gasteiger partial charge < -0.3 is 15.7 Å². The van der Waals surface area contributed by atoms with Crippen LogP contribution in [0.2, 0.25) is 0 Å². The number of rotatable bonds is 3. The van der Waals surface area contributed by atoms with Gasteiger partial charge in [0, 0.05) is 6.04 Å². The molecule has 2 aliphatic rings. The van der Waals surface area contributed by atoms with E-state index >= 15 is 0 Å². The lowest BCUT2D eigenvalue weighted by atomic mass is 9.93. The van der Waals surface area contributed by atoms with Crippen LogP contribution in [0.5, 0.6) is 0 Å². The van der Waals surface area contributed by atoms with Gasteiger partial charge >= 0.3 is 6.03 Å². The summed E-state index contributed by atoms with van der Waals surface area (Å²) in [4.78, 5) is 11.3. The van der Waals surface area contributed by atoms with Crippen LogP contribution < -0.4 is 10.6 Å². The molecule has 0 heterocycles. The van der Waals surface area contributed by atoms with E-state index in [0.717, 1.165) is 25.7 Å². The second kappa shape index (κ2) is 3.18. The average Bonchev–Trinajstić information content (AvgIpc) is 2.78. The Bertz CT molecular complexity index is 210. The number of hydrogen-bond acceptors (Lipinski definition) is 2. The SMILES string of the molecule is O=C(NC1CCC1)NC1(CO)CC1. The Morgan fingerprint density at radius 2 is 2.15 bits per heavy atom. The topological polar surface area (TPSA) is 61.4 Å². The molecule has 2 rings (SSSR count). The van der Waals surface area contributed by atoms with Crippen molar-refractivity contribution in [1.29, 1.82) is 0 Å². The lowest BCUT2D eigenvalue weighted by Crippen LogP contribution is -2.50. The van der Waals surface area contributed by atoms with Crippen molar-refractivity contribution in [3.8, 4) is 0 Å². The molecule has 2 fully saturated rings. The molecule has 0 bridgehead atoms. The molecule has 0 aromatic rings. The minimum Gasteiger partial charge on any atom is -0.394 e. The predicted octanol–water partition coefficient (Wildman–Crippen LogP) is 0.363. The fraction of sp³-hybridized carbons (Fsp3) is 0.889. The molecule has 4 nitrogen and oxygen atoms in total. The van der Waals surface area contributed by atoms with Gasteiger partial charge in [-0.15, -0.1) is 0 Å². The summed E-state index contributed by atoms with van der Waals surface area (Å²) < 4.78 is 0. The first-order chi connectivity index (χ1) is 6.24. The summed E-state index contributed by atoms with van der Waals surface area (Å²) in [5, 5.41) is 14.7. The van der Waals surface area contributed by atoms with Crippen LogP contribution in [0.1, 0.15) is 32.1 Å². The third-order valence-corrected chi connectivity index (χ3v) is 2.98. The summed E-state index contributed by atoms with van der Waals surface area (Å²) in [6, 6.07) is 0.255. The number of aliphatic hydroxyl groups is 1. The zero-order valence-electron chi connectivity index (χ0n) is 7.68. The van der Waals surface area contributed by atoms with Crippen LogP contribution in [-0.4, -0.2) is 29.3 Å². The monoisotopic (exact) mass is 184 g/mol. The Hall–Kier alpha value is -0.770. The van der Waals surface area contributed by atoms with Crippen molar-refractivity contribution in [2.24, 2.45) is 0 Å². The molecule has 0 unspecified atom stereocenters. The third-order valence-electron chi connectivity index (χ3n) is 2.98. The molecule has 2 aliphatic carbocycles. The Balaban J connectivity index is 1.71. The minimum absolute atomic E-state index is 0.0606. The number of urea groups is 1. The van der Waals surface area contributed by atoms with Crippen molar-refractivity contribution in [3.63, 3.8) is 0 Å². The molecule has 13 heavy (non-hydrogen) atoms. The Morgan fingerprint density at radius 3 is 2.54 bits per heavy atom. The van der Waals surface area contributed by atoms with Crippen LogP contribution in [0.25, 0.3) is 0 Å². The van der Waals surface area contributed by atoms with E-state index in [2.05, 4.69) is 10.6 Å². The van der Waals surface area contributed by atoms with Gasteiger partial charge in [0.15, 0.2) is 0 Å². The van der Waals surface area contributed by atoms with E-state index in [9.17, 15) is 4.79 Å². The van der Waals surface area contributed by atoms with Gasteiger partial charge in [0.05, 0.1) is 12.1 Å². The largest absolute Gasteiger partial charge is 0.394 e. The van der Waals surface area contributed by atoms with Crippen LogP contribution >= 0.6 is 0 Å². The van der Waals surface area contributed by atoms with E-state index in [4.69, 9.17) is 5.11 Å². The molecule has 0 atom stereocenters. The molecular formula is C9H16N2O2. The number of hydrogen-bond donors (Lipinski definition) is 3. The quantitative estimate of drug-likeness (QED) is 0.593. The van der Waals surface area contributed by atoms with Gasteiger partial charge in [-0.2, -0.15) is 0 Å². The fourth-order valence-corrected chi connectivity index (χ4v) is 1.49. The summed E-state index contributed by atoms with van der Waals surface area (Å²) in [7, 11) is 0. The van der Waals surface area contributed by atoms with Gasteiger partial charge in [0.1, 0.15) is 0 Å². The molecule has 3 N–H and O–H groups in total. The molecule has 0 aliphatic heterocycles. The van der Waals surface area contributed by atoms with Gasteiger partial charge in [-0.3, -0.25) is 0 Å². The van der Waals surface area contributed by atoms with E-state index in [0.29, 0.717) is 6.04 Å². The zero-order valence-corrected chi connectivity index (χ0v) is 7.68. The van der Waals surface area contributed by atoms with Gasteiger partial charge in [-0.25, -0.2) is 4.79 Å². The Morgan fingerprint density at radius 1 is 1.46 bits per heavy atom. The zero-order chi connectivity index (χ0) is 9.31. The van der Waals surface area contributed by atoms with E-state index in [-0.39, 0.29) is 18.2 Å². The second-order valence-electron chi connectivity index (χ2n) is 4.16. The molecule has 2 amide bonds. The smallest absolute Gasteiger partial charge is 0.315 e. The maximum Gasteiger partial charge on any atom is 0.315 e. The van der Waals surface area contributed by atoms with Crippen molar-refractivity contribution in [2.75, 3.05) is 6.61 Å². The van der Waals surface area contributed by atoms with Crippen molar-refractivity contribution in [2.45, 2.75) is 43.7 Å². The summed E-state index contributed by atoms with van der Waals surface area (Å²) in [5.74, 6) is 0. The first-order valence-corrected chi connectivity index (χ1v) is 4.94. The Labute approximate surface area is 77.7 Å². The summed E-state index contributed by atoms with van der Waals surface area (Å²) in [6.07, 6.45) is 5.22. The summed E-state index contributed by atoms with van der Waals surface area (Å²) in [6.45, 7) is 0.0606. The highest BCUT2D eigenvalue weighted by Gasteiger charge is 2.43. The van der Waals surface area contributed by atoms with Crippen molar-refractivity contribution in [3.05, 3.63) is 0 Å².